The second-order valence-electron chi connectivity index (χ2n) is 4.56. The van der Waals surface area contributed by atoms with Crippen LogP contribution in [-0.2, 0) is 7.05 Å². The summed E-state index contributed by atoms with van der Waals surface area (Å²) in [5.74, 6) is 0.695. The SMILES string of the molecule is Cn1c(C2CCNCC2)cc2ncccc21. The smallest absolute Gasteiger partial charge is 0.0883 e. The summed E-state index contributed by atoms with van der Waals surface area (Å²) < 4.78 is 2.30. The molecule has 3 heteroatoms. The van der Waals surface area contributed by atoms with Gasteiger partial charge in [-0.1, -0.05) is 0 Å². The number of aromatic nitrogens is 2. The molecule has 1 aliphatic rings. The van der Waals surface area contributed by atoms with Crippen LogP contribution in [-0.4, -0.2) is 22.6 Å². The van der Waals surface area contributed by atoms with Crippen LogP contribution in [0.15, 0.2) is 24.4 Å². The van der Waals surface area contributed by atoms with Gasteiger partial charge in [0.15, 0.2) is 0 Å². The number of rotatable bonds is 1. The molecule has 0 radical (unpaired) electrons. The normalized spacial score (nSPS) is 18.1. The maximum Gasteiger partial charge on any atom is 0.0883 e. The Kier molecular flexibility index (Phi) is 2.40. The van der Waals surface area contributed by atoms with E-state index in [-0.39, 0.29) is 0 Å². The molecule has 1 fully saturated rings. The van der Waals surface area contributed by atoms with Crippen LogP contribution in [0.1, 0.15) is 24.5 Å². The lowest BCUT2D eigenvalue weighted by molar-refractivity contribution is 0.446. The van der Waals surface area contributed by atoms with Gasteiger partial charge in [0.1, 0.15) is 0 Å². The van der Waals surface area contributed by atoms with Crippen molar-refractivity contribution in [3.05, 3.63) is 30.1 Å². The van der Waals surface area contributed by atoms with Crippen molar-refractivity contribution in [2.75, 3.05) is 13.1 Å². The molecule has 16 heavy (non-hydrogen) atoms. The third kappa shape index (κ3) is 1.52. The van der Waals surface area contributed by atoms with Crippen LogP contribution in [0.5, 0.6) is 0 Å². The molecular formula is C13H17N3. The van der Waals surface area contributed by atoms with Gasteiger partial charge in [-0.25, -0.2) is 0 Å². The fourth-order valence-corrected chi connectivity index (χ4v) is 2.69. The summed E-state index contributed by atoms with van der Waals surface area (Å²) in [7, 11) is 2.15. The lowest BCUT2D eigenvalue weighted by atomic mass is 9.95. The molecule has 84 valence electrons. The van der Waals surface area contributed by atoms with Crippen molar-refractivity contribution in [2.24, 2.45) is 7.05 Å². The van der Waals surface area contributed by atoms with Gasteiger partial charge in [0.05, 0.1) is 11.0 Å². The Balaban J connectivity index is 2.05. The van der Waals surface area contributed by atoms with Gasteiger partial charge in [0.25, 0.3) is 0 Å². The Labute approximate surface area is 95.5 Å². The number of aryl methyl sites for hydroxylation is 1. The highest BCUT2D eigenvalue weighted by Gasteiger charge is 2.19. The summed E-state index contributed by atoms with van der Waals surface area (Å²) in [6, 6.07) is 6.41. The number of nitrogens with one attached hydrogen (secondary N) is 1. The molecule has 0 bridgehead atoms. The highest BCUT2D eigenvalue weighted by atomic mass is 15.0. The Morgan fingerprint density at radius 2 is 2.19 bits per heavy atom. The second-order valence-corrected chi connectivity index (χ2v) is 4.56. The van der Waals surface area contributed by atoms with Crippen molar-refractivity contribution >= 4 is 11.0 Å². The third-order valence-corrected chi connectivity index (χ3v) is 3.61. The van der Waals surface area contributed by atoms with Crippen LogP contribution in [0.4, 0.5) is 0 Å². The lowest BCUT2D eigenvalue weighted by Crippen LogP contribution is -2.27. The molecule has 0 spiro atoms. The highest BCUT2D eigenvalue weighted by Crippen LogP contribution is 2.28. The average Bonchev–Trinajstić information content (AvgIpc) is 2.69. The first-order valence-corrected chi connectivity index (χ1v) is 5.97. The first kappa shape index (κ1) is 9.85. The van der Waals surface area contributed by atoms with Crippen molar-refractivity contribution in [3.8, 4) is 0 Å². The van der Waals surface area contributed by atoms with Crippen LogP contribution >= 0.6 is 0 Å². The molecule has 1 N–H and O–H groups in total. The zero-order valence-corrected chi connectivity index (χ0v) is 9.61. The minimum atomic E-state index is 0.695. The first-order chi connectivity index (χ1) is 7.86. The predicted molar refractivity (Wildman–Crippen MR) is 65.6 cm³/mol. The molecule has 3 nitrogen and oxygen atoms in total. The fourth-order valence-electron chi connectivity index (χ4n) is 2.69. The van der Waals surface area contributed by atoms with Gasteiger partial charge in [-0.15, -0.1) is 0 Å². The van der Waals surface area contributed by atoms with Gasteiger partial charge in [0, 0.05) is 24.9 Å². The van der Waals surface area contributed by atoms with Crippen LogP contribution < -0.4 is 5.32 Å². The Morgan fingerprint density at radius 1 is 1.38 bits per heavy atom. The Morgan fingerprint density at radius 3 is 2.94 bits per heavy atom. The summed E-state index contributed by atoms with van der Waals surface area (Å²) in [5.41, 5.74) is 3.81. The molecule has 1 aliphatic heterocycles. The Bertz CT molecular complexity index is 495. The van der Waals surface area contributed by atoms with Crippen LogP contribution in [0.3, 0.4) is 0 Å². The van der Waals surface area contributed by atoms with E-state index in [0.717, 1.165) is 18.6 Å². The highest BCUT2D eigenvalue weighted by molar-refractivity contribution is 5.76. The van der Waals surface area contributed by atoms with Crippen molar-refractivity contribution in [1.82, 2.24) is 14.9 Å². The lowest BCUT2D eigenvalue weighted by Gasteiger charge is -2.23. The molecule has 3 heterocycles. The standard InChI is InChI=1S/C13H17N3/c1-16-12-3-2-6-15-11(12)9-13(16)10-4-7-14-8-5-10/h2-3,6,9-10,14H,4-5,7-8H2,1H3. The zero-order valence-electron chi connectivity index (χ0n) is 9.61. The van der Waals surface area contributed by atoms with E-state index >= 15 is 0 Å². The summed E-state index contributed by atoms with van der Waals surface area (Å²) in [5, 5.41) is 3.41. The molecule has 0 unspecified atom stereocenters. The average molecular weight is 215 g/mol. The van der Waals surface area contributed by atoms with Gasteiger partial charge >= 0.3 is 0 Å². The minimum Gasteiger partial charge on any atom is -0.346 e. The van der Waals surface area contributed by atoms with E-state index in [9.17, 15) is 0 Å². The number of nitrogens with zero attached hydrogens (tertiary/aromatic N) is 2. The molecule has 2 aromatic rings. The molecule has 0 saturated carbocycles. The molecule has 0 aliphatic carbocycles. The molecule has 2 aromatic heterocycles. The van der Waals surface area contributed by atoms with Gasteiger partial charge in [-0.3, -0.25) is 4.98 Å². The fraction of sp³-hybridized carbons (Fsp3) is 0.462. The second kappa shape index (κ2) is 3.91. The summed E-state index contributed by atoms with van der Waals surface area (Å²) >= 11 is 0. The first-order valence-electron chi connectivity index (χ1n) is 5.97. The number of fused-ring (bicyclic) bond motifs is 1. The molecule has 1 saturated heterocycles. The van der Waals surface area contributed by atoms with Gasteiger partial charge in [0.2, 0.25) is 0 Å². The Hall–Kier alpha value is -1.35. The van der Waals surface area contributed by atoms with E-state index in [1.54, 1.807) is 0 Å². The number of hydrogen-bond donors (Lipinski definition) is 1. The monoisotopic (exact) mass is 215 g/mol. The predicted octanol–water partition coefficient (Wildman–Crippen LogP) is 2.04. The third-order valence-electron chi connectivity index (χ3n) is 3.61. The molecule has 3 rings (SSSR count). The van der Waals surface area contributed by atoms with Crippen LogP contribution in [0, 0.1) is 0 Å². The number of pyridine rings is 1. The van der Waals surface area contributed by atoms with Crippen molar-refractivity contribution in [1.29, 1.82) is 0 Å². The van der Waals surface area contributed by atoms with Crippen LogP contribution in [0.25, 0.3) is 11.0 Å². The van der Waals surface area contributed by atoms with Gasteiger partial charge in [-0.2, -0.15) is 0 Å². The maximum absolute atomic E-state index is 4.42. The van der Waals surface area contributed by atoms with Gasteiger partial charge < -0.3 is 9.88 Å². The quantitative estimate of drug-likeness (QED) is 0.789. The molecular weight excluding hydrogens is 198 g/mol. The van der Waals surface area contributed by atoms with Crippen molar-refractivity contribution < 1.29 is 0 Å². The summed E-state index contributed by atoms with van der Waals surface area (Å²) in [4.78, 5) is 4.42. The summed E-state index contributed by atoms with van der Waals surface area (Å²) in [6.07, 6.45) is 4.35. The molecule has 0 amide bonds. The minimum absolute atomic E-state index is 0.695. The largest absolute Gasteiger partial charge is 0.346 e. The van der Waals surface area contributed by atoms with E-state index in [4.69, 9.17) is 0 Å². The van der Waals surface area contributed by atoms with E-state index < -0.39 is 0 Å². The van der Waals surface area contributed by atoms with E-state index in [2.05, 4.69) is 34.0 Å². The van der Waals surface area contributed by atoms with E-state index in [1.165, 1.54) is 24.1 Å². The molecule has 0 aromatic carbocycles. The topological polar surface area (TPSA) is 29.9 Å². The van der Waals surface area contributed by atoms with Crippen LogP contribution in [0.2, 0.25) is 0 Å². The van der Waals surface area contributed by atoms with Gasteiger partial charge in [-0.05, 0) is 44.1 Å². The molecule has 0 atom stereocenters. The van der Waals surface area contributed by atoms with E-state index in [0.29, 0.717) is 5.92 Å². The zero-order chi connectivity index (χ0) is 11.0. The van der Waals surface area contributed by atoms with Crippen molar-refractivity contribution in [2.45, 2.75) is 18.8 Å². The summed E-state index contributed by atoms with van der Waals surface area (Å²) in [6.45, 7) is 2.28. The van der Waals surface area contributed by atoms with E-state index in [1.807, 2.05) is 12.3 Å². The van der Waals surface area contributed by atoms with Crippen molar-refractivity contribution in [3.63, 3.8) is 0 Å². The number of piperidine rings is 1. The maximum atomic E-state index is 4.42. The number of hydrogen-bond acceptors (Lipinski definition) is 2.